The molecule has 5 nitrogen and oxygen atoms in total. The highest BCUT2D eigenvalue weighted by molar-refractivity contribution is 8.15. The number of benzene rings is 2. The number of rotatable bonds is 3. The minimum Gasteiger partial charge on any atom is -0.325 e. The van der Waals surface area contributed by atoms with E-state index in [1.54, 1.807) is 6.07 Å². The quantitative estimate of drug-likeness (QED) is 0.530. The van der Waals surface area contributed by atoms with Crippen LogP contribution in [0.15, 0.2) is 41.4 Å². The lowest BCUT2D eigenvalue weighted by molar-refractivity contribution is -0.137. The monoisotopic (exact) mass is 509 g/mol. The molecule has 0 bridgehead atoms. The standard InChI is InChI=1S/C19H13Cl3F3N3O2S/c1-28-16(29)8-15(17(30)26-10-3-5-13(21)14(22)7-10)31-18(28)27-9-2-4-12(20)11(6-9)19(23,24)25/h2-7,15H,8H2,1H3,(H,26,30). The number of carbonyl (C=O) groups excluding carboxylic acids is 2. The zero-order valence-electron chi connectivity index (χ0n) is 15.6. The van der Waals surface area contributed by atoms with Crippen molar-refractivity contribution < 1.29 is 22.8 Å². The maximum atomic E-state index is 13.1. The summed E-state index contributed by atoms with van der Waals surface area (Å²) >= 11 is 18.4. The zero-order chi connectivity index (χ0) is 22.9. The highest BCUT2D eigenvalue weighted by Gasteiger charge is 2.35. The first kappa shape index (κ1) is 23.7. The van der Waals surface area contributed by atoms with Gasteiger partial charge in [-0.2, -0.15) is 13.2 Å². The van der Waals surface area contributed by atoms with Crippen molar-refractivity contribution in [2.75, 3.05) is 12.4 Å². The summed E-state index contributed by atoms with van der Waals surface area (Å²) < 4.78 is 39.3. The molecule has 2 aromatic carbocycles. The number of amides is 2. The number of thioether (sulfide) groups is 1. The fourth-order valence-corrected chi connectivity index (χ4v) is 4.19. The molecule has 0 saturated carbocycles. The second-order valence-electron chi connectivity index (χ2n) is 6.44. The van der Waals surface area contributed by atoms with Crippen LogP contribution in [-0.4, -0.2) is 34.2 Å². The van der Waals surface area contributed by atoms with Crippen molar-refractivity contribution in [1.29, 1.82) is 0 Å². The Morgan fingerprint density at radius 1 is 1.13 bits per heavy atom. The summed E-state index contributed by atoms with van der Waals surface area (Å²) in [5, 5.41) is 1.99. The van der Waals surface area contributed by atoms with Gasteiger partial charge in [0.05, 0.1) is 26.3 Å². The molecule has 1 aliphatic heterocycles. The molecule has 12 heteroatoms. The number of alkyl halides is 3. The van der Waals surface area contributed by atoms with Crippen LogP contribution in [0.4, 0.5) is 24.5 Å². The Kier molecular flexibility index (Phi) is 7.10. The Bertz CT molecular complexity index is 1080. The van der Waals surface area contributed by atoms with Crippen molar-refractivity contribution in [3.63, 3.8) is 0 Å². The normalized spacial score (nSPS) is 18.4. The third-order valence-electron chi connectivity index (χ3n) is 4.23. The SMILES string of the molecule is CN1C(=O)CC(C(=O)Nc2ccc(Cl)c(Cl)c2)SC1=Nc1ccc(Cl)c(C(F)(F)F)c1. The number of amidine groups is 1. The van der Waals surface area contributed by atoms with E-state index in [9.17, 15) is 22.8 Å². The van der Waals surface area contributed by atoms with Gasteiger partial charge >= 0.3 is 6.18 Å². The van der Waals surface area contributed by atoms with E-state index in [1.165, 1.54) is 30.1 Å². The molecule has 3 rings (SSSR count). The molecular formula is C19H13Cl3F3N3O2S. The minimum atomic E-state index is -4.66. The predicted octanol–water partition coefficient (Wildman–Crippen LogP) is 6.26. The first-order valence-corrected chi connectivity index (χ1v) is 10.6. The van der Waals surface area contributed by atoms with Gasteiger partial charge < -0.3 is 5.32 Å². The number of hydrogen-bond donors (Lipinski definition) is 1. The van der Waals surface area contributed by atoms with Crippen LogP contribution in [-0.2, 0) is 15.8 Å². The number of nitrogens with one attached hydrogen (secondary N) is 1. The lowest BCUT2D eigenvalue weighted by Crippen LogP contribution is -2.43. The van der Waals surface area contributed by atoms with Gasteiger partial charge in [-0.3, -0.25) is 14.5 Å². The van der Waals surface area contributed by atoms with Crippen molar-refractivity contribution in [3.8, 4) is 0 Å². The van der Waals surface area contributed by atoms with Gasteiger partial charge in [0.2, 0.25) is 11.8 Å². The molecule has 0 aromatic heterocycles. The van der Waals surface area contributed by atoms with E-state index in [4.69, 9.17) is 34.8 Å². The van der Waals surface area contributed by atoms with Crippen molar-refractivity contribution in [3.05, 3.63) is 57.0 Å². The molecule has 1 fully saturated rings. The van der Waals surface area contributed by atoms with Crippen molar-refractivity contribution in [1.82, 2.24) is 4.90 Å². The van der Waals surface area contributed by atoms with E-state index in [1.807, 2.05) is 0 Å². The van der Waals surface area contributed by atoms with Gasteiger partial charge in [-0.15, -0.1) is 0 Å². The summed E-state index contributed by atoms with van der Waals surface area (Å²) in [7, 11) is 1.43. The summed E-state index contributed by atoms with van der Waals surface area (Å²) in [5.74, 6) is -0.888. The number of anilines is 1. The molecule has 164 valence electrons. The van der Waals surface area contributed by atoms with Crippen LogP contribution in [0, 0.1) is 0 Å². The largest absolute Gasteiger partial charge is 0.417 e. The van der Waals surface area contributed by atoms with Crippen molar-refractivity contribution in [2.24, 2.45) is 4.99 Å². The molecule has 0 aliphatic carbocycles. The highest BCUT2D eigenvalue weighted by atomic mass is 35.5. The van der Waals surface area contributed by atoms with E-state index in [2.05, 4.69) is 10.3 Å². The van der Waals surface area contributed by atoms with E-state index in [0.717, 1.165) is 23.9 Å². The van der Waals surface area contributed by atoms with Crippen LogP contribution in [0.3, 0.4) is 0 Å². The Morgan fingerprint density at radius 2 is 1.81 bits per heavy atom. The fraction of sp³-hybridized carbons (Fsp3) is 0.211. The molecule has 1 atom stereocenters. The van der Waals surface area contributed by atoms with Gasteiger partial charge in [0.15, 0.2) is 5.17 Å². The lowest BCUT2D eigenvalue weighted by atomic mass is 10.2. The lowest BCUT2D eigenvalue weighted by Gasteiger charge is -2.29. The third-order valence-corrected chi connectivity index (χ3v) is 6.54. The van der Waals surface area contributed by atoms with Crippen LogP contribution in [0.5, 0.6) is 0 Å². The average Bonchev–Trinajstić information content (AvgIpc) is 2.68. The average molecular weight is 511 g/mol. The smallest absolute Gasteiger partial charge is 0.325 e. The maximum absolute atomic E-state index is 13.1. The molecule has 0 radical (unpaired) electrons. The van der Waals surface area contributed by atoms with Gasteiger partial charge in [-0.1, -0.05) is 46.6 Å². The summed E-state index contributed by atoms with van der Waals surface area (Å²) in [6.07, 6.45) is -4.77. The highest BCUT2D eigenvalue weighted by Crippen LogP contribution is 2.37. The fourth-order valence-electron chi connectivity index (χ4n) is 2.60. The van der Waals surface area contributed by atoms with Crippen LogP contribution < -0.4 is 5.32 Å². The second-order valence-corrected chi connectivity index (χ2v) is 8.83. The first-order valence-electron chi connectivity index (χ1n) is 8.60. The zero-order valence-corrected chi connectivity index (χ0v) is 18.7. The molecule has 31 heavy (non-hydrogen) atoms. The van der Waals surface area contributed by atoms with Gasteiger partial charge in [0, 0.05) is 19.2 Å². The predicted molar refractivity (Wildman–Crippen MR) is 117 cm³/mol. The molecule has 1 heterocycles. The summed E-state index contributed by atoms with van der Waals surface area (Å²) in [4.78, 5) is 30.3. The second kappa shape index (κ2) is 9.28. The number of aliphatic imine (C=N–C) groups is 1. The van der Waals surface area contributed by atoms with Crippen molar-refractivity contribution >= 4 is 74.9 Å². The molecule has 1 saturated heterocycles. The van der Waals surface area contributed by atoms with Crippen LogP contribution in [0.2, 0.25) is 15.1 Å². The number of nitrogens with zero attached hydrogens (tertiary/aromatic N) is 2. The van der Waals surface area contributed by atoms with Crippen LogP contribution in [0.25, 0.3) is 0 Å². The van der Waals surface area contributed by atoms with Gasteiger partial charge in [0.1, 0.15) is 5.25 Å². The molecule has 2 aromatic rings. The van der Waals surface area contributed by atoms with Gasteiger partial charge in [0.25, 0.3) is 0 Å². The molecule has 2 amide bonds. The molecule has 1 aliphatic rings. The van der Waals surface area contributed by atoms with E-state index >= 15 is 0 Å². The van der Waals surface area contributed by atoms with Crippen molar-refractivity contribution in [2.45, 2.75) is 17.8 Å². The Labute approximate surface area is 194 Å². The number of halogens is 6. The molecular weight excluding hydrogens is 498 g/mol. The summed E-state index contributed by atoms with van der Waals surface area (Å²) in [6, 6.07) is 7.68. The topological polar surface area (TPSA) is 61.8 Å². The third kappa shape index (κ3) is 5.65. The minimum absolute atomic E-state index is 0.0515. The van der Waals surface area contributed by atoms with E-state index in [0.29, 0.717) is 10.7 Å². The Hall–Kier alpha value is -1.94. The first-order chi connectivity index (χ1) is 14.5. The van der Waals surface area contributed by atoms with Crippen LogP contribution in [0.1, 0.15) is 12.0 Å². The van der Waals surface area contributed by atoms with Gasteiger partial charge in [-0.05, 0) is 36.4 Å². The van der Waals surface area contributed by atoms with Crippen LogP contribution >= 0.6 is 46.6 Å². The molecule has 0 spiro atoms. The molecule has 1 unspecified atom stereocenters. The van der Waals surface area contributed by atoms with Gasteiger partial charge in [-0.25, -0.2) is 4.99 Å². The summed E-state index contributed by atoms with van der Waals surface area (Å²) in [5.41, 5.74) is -0.707. The van der Waals surface area contributed by atoms with E-state index < -0.39 is 33.8 Å². The summed E-state index contributed by atoms with van der Waals surface area (Å²) in [6.45, 7) is 0. The Morgan fingerprint density at radius 3 is 2.45 bits per heavy atom. The molecule has 1 N–H and O–H groups in total. The number of carbonyl (C=O) groups is 2. The maximum Gasteiger partial charge on any atom is 0.417 e. The Balaban J connectivity index is 1.84. The number of hydrogen-bond acceptors (Lipinski definition) is 4. The van der Waals surface area contributed by atoms with E-state index in [-0.39, 0.29) is 22.3 Å².